The van der Waals surface area contributed by atoms with Crippen LogP contribution in [0, 0.1) is 0 Å². The molecular formula is C15H17ClN2O4S. The Kier molecular flexibility index (Phi) is 5.81. The van der Waals surface area contributed by atoms with Crippen LogP contribution < -0.4 is 4.72 Å². The number of carbonyl (C=O) groups excluding carboxylic acids is 1. The van der Waals surface area contributed by atoms with Gasteiger partial charge in [-0.1, -0.05) is 23.7 Å². The van der Waals surface area contributed by atoms with Gasteiger partial charge in [-0.15, -0.1) is 0 Å². The van der Waals surface area contributed by atoms with E-state index in [1.54, 1.807) is 24.3 Å². The first kappa shape index (κ1) is 17.5. The summed E-state index contributed by atoms with van der Waals surface area (Å²) in [4.78, 5) is 13.1. The van der Waals surface area contributed by atoms with E-state index in [1.807, 2.05) is 0 Å². The number of nitrogens with one attached hydrogen (secondary N) is 1. The highest BCUT2D eigenvalue weighted by atomic mass is 35.5. The predicted octanol–water partition coefficient (Wildman–Crippen LogP) is 2.26. The van der Waals surface area contributed by atoms with Crippen molar-refractivity contribution in [2.24, 2.45) is 0 Å². The summed E-state index contributed by atoms with van der Waals surface area (Å²) in [6.07, 6.45) is 1.52. The van der Waals surface area contributed by atoms with E-state index in [0.717, 1.165) is 0 Å². The number of carbonyl (C=O) groups is 1. The molecule has 0 spiro atoms. The van der Waals surface area contributed by atoms with Crippen LogP contribution in [-0.4, -0.2) is 32.3 Å². The molecule has 1 amide bonds. The van der Waals surface area contributed by atoms with Crippen LogP contribution in [0.1, 0.15) is 12.7 Å². The molecule has 1 aromatic heterocycles. The summed E-state index contributed by atoms with van der Waals surface area (Å²) < 4.78 is 32.0. The second-order valence-electron chi connectivity index (χ2n) is 4.85. The lowest BCUT2D eigenvalue weighted by Crippen LogP contribution is -2.37. The van der Waals surface area contributed by atoms with Crippen molar-refractivity contribution in [2.75, 3.05) is 13.1 Å². The van der Waals surface area contributed by atoms with Crippen molar-refractivity contribution in [3.8, 4) is 0 Å². The van der Waals surface area contributed by atoms with Crippen molar-refractivity contribution in [2.45, 2.75) is 18.4 Å². The normalized spacial score (nSPS) is 11.4. The summed E-state index contributed by atoms with van der Waals surface area (Å²) in [7, 11) is -3.72. The second kappa shape index (κ2) is 7.63. The first-order valence-corrected chi connectivity index (χ1v) is 8.78. The van der Waals surface area contributed by atoms with Crippen molar-refractivity contribution in [3.63, 3.8) is 0 Å². The maximum Gasteiger partial charge on any atom is 0.242 e. The fraction of sp³-hybridized carbons (Fsp3) is 0.267. The van der Waals surface area contributed by atoms with Gasteiger partial charge in [0.2, 0.25) is 15.9 Å². The molecule has 2 rings (SSSR count). The van der Waals surface area contributed by atoms with E-state index in [4.69, 9.17) is 16.0 Å². The monoisotopic (exact) mass is 356 g/mol. The highest BCUT2D eigenvalue weighted by Crippen LogP contribution is 2.19. The molecule has 0 saturated carbocycles. The molecule has 1 aromatic carbocycles. The van der Waals surface area contributed by atoms with Crippen LogP contribution in [0.3, 0.4) is 0 Å². The van der Waals surface area contributed by atoms with Gasteiger partial charge in [-0.3, -0.25) is 4.79 Å². The molecule has 1 N–H and O–H groups in total. The minimum absolute atomic E-state index is 0.0158. The second-order valence-corrected chi connectivity index (χ2v) is 6.99. The zero-order valence-electron chi connectivity index (χ0n) is 12.5. The van der Waals surface area contributed by atoms with Gasteiger partial charge in [0.15, 0.2) is 0 Å². The Morgan fingerprint density at radius 1 is 1.26 bits per heavy atom. The maximum absolute atomic E-state index is 12.2. The fourth-order valence-corrected chi connectivity index (χ4v) is 3.53. The zero-order valence-corrected chi connectivity index (χ0v) is 14.1. The van der Waals surface area contributed by atoms with Crippen LogP contribution in [0.2, 0.25) is 5.02 Å². The molecule has 2 aromatic rings. The van der Waals surface area contributed by atoms with E-state index in [1.165, 1.54) is 30.2 Å². The van der Waals surface area contributed by atoms with Crippen molar-refractivity contribution in [1.29, 1.82) is 0 Å². The standard InChI is InChI=1S/C15H17ClN2O4S/c1-12(19)18(11-13-5-4-10-22-13)9-8-17-23(20,21)15-7-3-2-6-14(15)16/h2-7,10,17H,8-9,11H2,1H3. The maximum atomic E-state index is 12.2. The number of sulfonamides is 1. The van der Waals surface area contributed by atoms with E-state index < -0.39 is 10.0 Å². The van der Waals surface area contributed by atoms with Crippen molar-refractivity contribution in [1.82, 2.24) is 9.62 Å². The van der Waals surface area contributed by atoms with E-state index in [-0.39, 0.29) is 35.5 Å². The number of halogens is 1. The van der Waals surface area contributed by atoms with Crippen LogP contribution >= 0.6 is 11.6 Å². The Hall–Kier alpha value is -1.83. The molecule has 0 aliphatic rings. The lowest BCUT2D eigenvalue weighted by Gasteiger charge is -2.20. The van der Waals surface area contributed by atoms with E-state index in [2.05, 4.69) is 4.72 Å². The third kappa shape index (κ3) is 4.82. The molecule has 0 aliphatic carbocycles. The van der Waals surface area contributed by atoms with E-state index in [0.29, 0.717) is 5.76 Å². The Morgan fingerprint density at radius 3 is 2.61 bits per heavy atom. The molecule has 6 nitrogen and oxygen atoms in total. The molecule has 0 radical (unpaired) electrons. The van der Waals surface area contributed by atoms with Gasteiger partial charge in [0.05, 0.1) is 17.8 Å². The molecule has 0 unspecified atom stereocenters. The van der Waals surface area contributed by atoms with Gasteiger partial charge in [0, 0.05) is 20.0 Å². The van der Waals surface area contributed by atoms with Gasteiger partial charge in [0.1, 0.15) is 10.7 Å². The molecule has 1 heterocycles. The third-order valence-corrected chi connectivity index (χ3v) is 5.13. The van der Waals surface area contributed by atoms with Gasteiger partial charge >= 0.3 is 0 Å². The minimum atomic E-state index is -3.72. The molecular weight excluding hydrogens is 340 g/mol. The highest BCUT2D eigenvalue weighted by Gasteiger charge is 2.18. The fourth-order valence-electron chi connectivity index (χ4n) is 1.99. The van der Waals surface area contributed by atoms with Crippen molar-refractivity contribution >= 4 is 27.5 Å². The molecule has 0 saturated heterocycles. The Labute approximate surface area is 140 Å². The highest BCUT2D eigenvalue weighted by molar-refractivity contribution is 7.89. The van der Waals surface area contributed by atoms with Gasteiger partial charge in [-0.25, -0.2) is 13.1 Å². The summed E-state index contributed by atoms with van der Waals surface area (Å²) in [5.74, 6) is 0.465. The first-order chi connectivity index (χ1) is 10.9. The lowest BCUT2D eigenvalue weighted by molar-refractivity contribution is -0.129. The van der Waals surface area contributed by atoms with Gasteiger partial charge in [0.25, 0.3) is 0 Å². The number of furan rings is 1. The SMILES string of the molecule is CC(=O)N(CCNS(=O)(=O)c1ccccc1Cl)Cc1ccco1. The number of hydrogen-bond acceptors (Lipinski definition) is 4. The summed E-state index contributed by atoms with van der Waals surface area (Å²) in [5, 5.41) is 0.152. The molecule has 0 bridgehead atoms. The summed E-state index contributed by atoms with van der Waals surface area (Å²) in [5.41, 5.74) is 0. The summed E-state index contributed by atoms with van der Waals surface area (Å²) in [6.45, 7) is 2.01. The van der Waals surface area contributed by atoms with Crippen LogP contribution in [-0.2, 0) is 21.4 Å². The molecule has 0 aliphatic heterocycles. The minimum Gasteiger partial charge on any atom is -0.467 e. The quantitative estimate of drug-likeness (QED) is 0.825. The first-order valence-electron chi connectivity index (χ1n) is 6.92. The number of hydrogen-bond donors (Lipinski definition) is 1. The molecule has 23 heavy (non-hydrogen) atoms. The van der Waals surface area contributed by atoms with Gasteiger partial charge in [-0.05, 0) is 24.3 Å². The number of rotatable bonds is 7. The van der Waals surface area contributed by atoms with Gasteiger partial charge in [-0.2, -0.15) is 0 Å². The smallest absolute Gasteiger partial charge is 0.242 e. The average Bonchev–Trinajstić information content (AvgIpc) is 2.99. The number of benzene rings is 1. The van der Waals surface area contributed by atoms with E-state index in [9.17, 15) is 13.2 Å². The number of amides is 1. The number of nitrogens with zero attached hydrogens (tertiary/aromatic N) is 1. The topological polar surface area (TPSA) is 79.6 Å². The molecule has 8 heteroatoms. The van der Waals surface area contributed by atoms with Crippen LogP contribution in [0.15, 0.2) is 52.0 Å². The molecule has 0 atom stereocenters. The third-order valence-electron chi connectivity index (χ3n) is 3.17. The van der Waals surface area contributed by atoms with Gasteiger partial charge < -0.3 is 9.32 Å². The average molecular weight is 357 g/mol. The van der Waals surface area contributed by atoms with Crippen LogP contribution in [0.4, 0.5) is 0 Å². The van der Waals surface area contributed by atoms with Crippen molar-refractivity contribution in [3.05, 3.63) is 53.4 Å². The largest absolute Gasteiger partial charge is 0.467 e. The molecule has 124 valence electrons. The zero-order chi connectivity index (χ0) is 16.9. The Morgan fingerprint density at radius 2 is 2.00 bits per heavy atom. The van der Waals surface area contributed by atoms with Crippen molar-refractivity contribution < 1.29 is 17.6 Å². The molecule has 0 fully saturated rings. The predicted molar refractivity (Wildman–Crippen MR) is 86.4 cm³/mol. The van der Waals surface area contributed by atoms with Crippen LogP contribution in [0.25, 0.3) is 0 Å². The van der Waals surface area contributed by atoms with Crippen LogP contribution in [0.5, 0.6) is 0 Å². The van der Waals surface area contributed by atoms with E-state index >= 15 is 0 Å². The summed E-state index contributed by atoms with van der Waals surface area (Å²) in [6, 6.07) is 9.67. The summed E-state index contributed by atoms with van der Waals surface area (Å²) >= 11 is 5.90. The lowest BCUT2D eigenvalue weighted by atomic mass is 10.4. The Bertz CT molecular complexity index is 760. The Balaban J connectivity index is 1.96.